The van der Waals surface area contributed by atoms with E-state index in [1.807, 2.05) is 12.1 Å². The Morgan fingerprint density at radius 1 is 1.28 bits per heavy atom. The van der Waals surface area contributed by atoms with Gasteiger partial charge in [-0.3, -0.25) is 0 Å². The Balaban J connectivity index is 1.62. The molecule has 18 heavy (non-hydrogen) atoms. The minimum atomic E-state index is 0.668. The molecule has 0 amide bonds. The first-order valence-corrected chi connectivity index (χ1v) is 7.02. The number of nitrogens with one attached hydrogen (secondary N) is 1. The third-order valence-electron chi connectivity index (χ3n) is 3.98. The van der Waals surface area contributed by atoms with Crippen LogP contribution in [-0.4, -0.2) is 6.04 Å². The van der Waals surface area contributed by atoms with Gasteiger partial charge in [0.15, 0.2) is 0 Å². The number of fused-ring (bicyclic) bond motifs is 1. The van der Waals surface area contributed by atoms with Crippen LogP contribution in [0.5, 0.6) is 0 Å². The zero-order chi connectivity index (χ0) is 12.4. The molecule has 1 aromatic heterocycles. The molecule has 2 nitrogen and oxygen atoms in total. The second kappa shape index (κ2) is 5.15. The molecular formula is C16H21NO. The Morgan fingerprint density at radius 3 is 3.00 bits per heavy atom. The molecular weight excluding hydrogens is 222 g/mol. The second-order valence-electron chi connectivity index (χ2n) is 5.60. The van der Waals surface area contributed by atoms with Crippen molar-refractivity contribution in [3.8, 4) is 0 Å². The zero-order valence-corrected chi connectivity index (χ0v) is 11.0. The highest BCUT2D eigenvalue weighted by Crippen LogP contribution is 2.24. The van der Waals surface area contributed by atoms with Gasteiger partial charge in [0.1, 0.15) is 11.3 Å². The largest absolute Gasteiger partial charge is 0.460 e. The topological polar surface area (TPSA) is 25.2 Å². The minimum Gasteiger partial charge on any atom is -0.460 e. The molecule has 3 rings (SSSR count). The molecule has 1 N–H and O–H groups in total. The number of rotatable bonds is 3. The molecule has 2 atom stereocenters. The molecule has 1 heterocycles. The van der Waals surface area contributed by atoms with Gasteiger partial charge < -0.3 is 9.73 Å². The van der Waals surface area contributed by atoms with E-state index < -0.39 is 0 Å². The highest BCUT2D eigenvalue weighted by atomic mass is 16.3. The summed E-state index contributed by atoms with van der Waals surface area (Å²) >= 11 is 0. The molecule has 2 unspecified atom stereocenters. The average Bonchev–Trinajstić information content (AvgIpc) is 2.79. The summed E-state index contributed by atoms with van der Waals surface area (Å²) in [5.74, 6) is 1.92. The quantitative estimate of drug-likeness (QED) is 0.878. The number of hydrogen-bond donors (Lipinski definition) is 1. The van der Waals surface area contributed by atoms with Crippen LogP contribution in [0.25, 0.3) is 11.0 Å². The van der Waals surface area contributed by atoms with Crippen LogP contribution in [-0.2, 0) is 6.54 Å². The second-order valence-corrected chi connectivity index (χ2v) is 5.60. The highest BCUT2D eigenvalue weighted by molar-refractivity contribution is 5.77. The Bertz CT molecular complexity index is 484. The molecule has 2 aromatic rings. The van der Waals surface area contributed by atoms with Crippen LogP contribution < -0.4 is 5.32 Å². The van der Waals surface area contributed by atoms with Gasteiger partial charge in [0.2, 0.25) is 0 Å². The lowest BCUT2D eigenvalue weighted by Crippen LogP contribution is -2.32. The third-order valence-corrected chi connectivity index (χ3v) is 3.98. The van der Waals surface area contributed by atoms with Gasteiger partial charge in [-0.05, 0) is 30.9 Å². The Morgan fingerprint density at radius 2 is 2.17 bits per heavy atom. The van der Waals surface area contributed by atoms with Crippen LogP contribution in [0.1, 0.15) is 38.4 Å². The van der Waals surface area contributed by atoms with Gasteiger partial charge in [-0.1, -0.05) is 38.0 Å². The van der Waals surface area contributed by atoms with E-state index in [1.54, 1.807) is 0 Å². The van der Waals surface area contributed by atoms with Gasteiger partial charge >= 0.3 is 0 Å². The molecule has 1 aromatic carbocycles. The summed E-state index contributed by atoms with van der Waals surface area (Å²) < 4.78 is 5.82. The van der Waals surface area contributed by atoms with E-state index in [1.165, 1.54) is 31.1 Å². The maximum absolute atomic E-state index is 5.82. The standard InChI is InChI=1S/C16H21NO/c1-12-5-4-7-14(9-12)17-11-15-10-13-6-2-3-8-16(13)18-15/h2-3,6,8,10,12,14,17H,4-5,7,9,11H2,1H3. The van der Waals surface area contributed by atoms with Crippen molar-refractivity contribution in [3.05, 3.63) is 36.1 Å². The van der Waals surface area contributed by atoms with E-state index in [2.05, 4.69) is 30.4 Å². The van der Waals surface area contributed by atoms with E-state index in [-0.39, 0.29) is 0 Å². The normalized spacial score (nSPS) is 24.5. The smallest absolute Gasteiger partial charge is 0.134 e. The summed E-state index contributed by atoms with van der Waals surface area (Å²) in [6.45, 7) is 3.21. The lowest BCUT2D eigenvalue weighted by atomic mass is 9.87. The molecule has 1 aliphatic carbocycles. The Labute approximate surface area is 108 Å². The summed E-state index contributed by atoms with van der Waals surface area (Å²) in [5, 5.41) is 4.84. The van der Waals surface area contributed by atoms with E-state index in [9.17, 15) is 0 Å². The van der Waals surface area contributed by atoms with E-state index in [0.717, 1.165) is 23.8 Å². The number of para-hydroxylation sites is 1. The summed E-state index contributed by atoms with van der Waals surface area (Å²) in [6, 6.07) is 11.0. The molecule has 0 aliphatic heterocycles. The van der Waals surface area contributed by atoms with Gasteiger partial charge in [-0.25, -0.2) is 0 Å². The average molecular weight is 243 g/mol. The molecule has 2 heteroatoms. The van der Waals surface area contributed by atoms with Crippen LogP contribution >= 0.6 is 0 Å². The molecule has 96 valence electrons. The van der Waals surface area contributed by atoms with Crippen LogP contribution in [0.4, 0.5) is 0 Å². The van der Waals surface area contributed by atoms with Crippen LogP contribution in [0.15, 0.2) is 34.7 Å². The van der Waals surface area contributed by atoms with Gasteiger partial charge in [-0.2, -0.15) is 0 Å². The zero-order valence-electron chi connectivity index (χ0n) is 11.0. The van der Waals surface area contributed by atoms with Crippen LogP contribution in [0, 0.1) is 5.92 Å². The van der Waals surface area contributed by atoms with Crippen molar-refractivity contribution in [2.75, 3.05) is 0 Å². The lowest BCUT2D eigenvalue weighted by molar-refractivity contribution is 0.295. The van der Waals surface area contributed by atoms with Gasteiger partial charge in [0.05, 0.1) is 6.54 Å². The molecule has 1 saturated carbocycles. The van der Waals surface area contributed by atoms with E-state index in [4.69, 9.17) is 4.42 Å². The van der Waals surface area contributed by atoms with E-state index >= 15 is 0 Å². The first-order chi connectivity index (χ1) is 8.81. The predicted molar refractivity (Wildman–Crippen MR) is 74.5 cm³/mol. The van der Waals surface area contributed by atoms with E-state index in [0.29, 0.717) is 6.04 Å². The first kappa shape index (κ1) is 11.8. The minimum absolute atomic E-state index is 0.668. The van der Waals surface area contributed by atoms with Crippen molar-refractivity contribution in [2.24, 2.45) is 5.92 Å². The molecule has 0 spiro atoms. The maximum Gasteiger partial charge on any atom is 0.134 e. The third kappa shape index (κ3) is 2.59. The number of benzene rings is 1. The van der Waals surface area contributed by atoms with Crippen molar-refractivity contribution < 1.29 is 4.42 Å². The first-order valence-electron chi connectivity index (χ1n) is 7.02. The van der Waals surface area contributed by atoms with Gasteiger partial charge in [0, 0.05) is 11.4 Å². The molecule has 1 fully saturated rings. The molecule has 0 radical (unpaired) electrons. The summed E-state index contributed by atoms with van der Waals surface area (Å²) in [4.78, 5) is 0. The van der Waals surface area contributed by atoms with Crippen molar-refractivity contribution >= 4 is 11.0 Å². The van der Waals surface area contributed by atoms with Crippen LogP contribution in [0.3, 0.4) is 0 Å². The van der Waals surface area contributed by atoms with Crippen molar-refractivity contribution in [2.45, 2.75) is 45.2 Å². The summed E-state index contributed by atoms with van der Waals surface area (Å²) in [6.07, 6.45) is 5.37. The fraction of sp³-hybridized carbons (Fsp3) is 0.500. The fourth-order valence-corrected chi connectivity index (χ4v) is 2.99. The van der Waals surface area contributed by atoms with Crippen molar-refractivity contribution in [1.82, 2.24) is 5.32 Å². The SMILES string of the molecule is CC1CCCC(NCc2cc3ccccc3o2)C1. The monoisotopic (exact) mass is 243 g/mol. The molecule has 0 saturated heterocycles. The number of hydrogen-bond acceptors (Lipinski definition) is 2. The Hall–Kier alpha value is -1.28. The van der Waals surface area contributed by atoms with Crippen LogP contribution in [0.2, 0.25) is 0 Å². The maximum atomic E-state index is 5.82. The lowest BCUT2D eigenvalue weighted by Gasteiger charge is -2.27. The summed E-state index contributed by atoms with van der Waals surface area (Å²) in [7, 11) is 0. The van der Waals surface area contributed by atoms with Crippen molar-refractivity contribution in [3.63, 3.8) is 0 Å². The highest BCUT2D eigenvalue weighted by Gasteiger charge is 2.18. The van der Waals surface area contributed by atoms with Gasteiger partial charge in [-0.15, -0.1) is 0 Å². The molecule has 1 aliphatic rings. The fourth-order valence-electron chi connectivity index (χ4n) is 2.99. The number of furan rings is 1. The van der Waals surface area contributed by atoms with Crippen molar-refractivity contribution in [1.29, 1.82) is 0 Å². The molecule has 0 bridgehead atoms. The summed E-state index contributed by atoms with van der Waals surface area (Å²) in [5.41, 5.74) is 0.992. The predicted octanol–water partition coefficient (Wildman–Crippen LogP) is 4.10. The van der Waals surface area contributed by atoms with Gasteiger partial charge in [0.25, 0.3) is 0 Å². The Kier molecular flexibility index (Phi) is 3.37.